The van der Waals surface area contributed by atoms with E-state index in [-0.39, 0.29) is 43.4 Å². The lowest BCUT2D eigenvalue weighted by atomic mass is 10.00. The molecule has 2 rings (SSSR count). The fourth-order valence-electron chi connectivity index (χ4n) is 4.13. The molecule has 2 aromatic rings. The number of nitrogens with one attached hydrogen (secondary N) is 3. The second-order valence-corrected chi connectivity index (χ2v) is 10.3. The molecule has 0 bridgehead atoms. The van der Waals surface area contributed by atoms with Gasteiger partial charge in [0.15, 0.2) is 5.96 Å². The zero-order valence-electron chi connectivity index (χ0n) is 23.8. The molecule has 4 atom stereocenters. The molecule has 0 aromatic heterocycles. The van der Waals surface area contributed by atoms with Crippen molar-refractivity contribution >= 4 is 29.7 Å². The van der Waals surface area contributed by atoms with Gasteiger partial charge >= 0.3 is 5.97 Å². The number of nitrogens with two attached hydrogens (primary N) is 3. The van der Waals surface area contributed by atoms with E-state index in [1.165, 1.54) is 12.1 Å². The Hall–Kier alpha value is -4.65. The van der Waals surface area contributed by atoms with Crippen LogP contribution in [0.2, 0.25) is 0 Å². The largest absolute Gasteiger partial charge is 0.508 e. The number of aliphatic imine (C=N–C) groups is 1. The molecular weight excluding hydrogens is 542 g/mol. The van der Waals surface area contributed by atoms with Gasteiger partial charge in [0.25, 0.3) is 0 Å². The highest BCUT2D eigenvalue weighted by Gasteiger charge is 2.31. The second kappa shape index (κ2) is 16.6. The number of carbonyl (C=O) groups excluding carboxylic acids is 3. The SMILES string of the molecule is CC(C)C(NC(=O)C(N)Cc1ccccc1)C(=O)NC(CCCN=C(N)N)C(=O)NC(Cc1ccc(O)cc1)C(=O)O. The number of phenolic OH excluding ortho intramolecular Hbond substituents is 1. The van der Waals surface area contributed by atoms with E-state index in [1.54, 1.807) is 26.0 Å². The minimum absolute atomic E-state index is 0.0195. The lowest BCUT2D eigenvalue weighted by Gasteiger charge is -2.27. The van der Waals surface area contributed by atoms with Crippen molar-refractivity contribution in [1.29, 1.82) is 0 Å². The van der Waals surface area contributed by atoms with Crippen molar-refractivity contribution in [2.24, 2.45) is 28.1 Å². The first-order chi connectivity index (χ1) is 19.9. The smallest absolute Gasteiger partial charge is 0.326 e. The Morgan fingerprint density at radius 1 is 0.810 bits per heavy atom. The summed E-state index contributed by atoms with van der Waals surface area (Å²) < 4.78 is 0. The average Bonchev–Trinajstić information content (AvgIpc) is 2.93. The summed E-state index contributed by atoms with van der Waals surface area (Å²) >= 11 is 0. The molecule has 13 heteroatoms. The first-order valence-corrected chi connectivity index (χ1v) is 13.6. The molecule has 0 saturated heterocycles. The third-order valence-electron chi connectivity index (χ3n) is 6.45. The van der Waals surface area contributed by atoms with E-state index in [9.17, 15) is 29.4 Å². The lowest BCUT2D eigenvalue weighted by Crippen LogP contribution is -2.58. The Labute approximate surface area is 244 Å². The summed E-state index contributed by atoms with van der Waals surface area (Å²) in [6.07, 6.45) is 0.603. The Kier molecular flexibility index (Phi) is 13.2. The van der Waals surface area contributed by atoms with Crippen molar-refractivity contribution in [2.45, 2.75) is 63.7 Å². The summed E-state index contributed by atoms with van der Waals surface area (Å²) in [6, 6.07) is 10.7. The Morgan fingerprint density at radius 2 is 1.40 bits per heavy atom. The number of aliphatic carboxylic acids is 1. The van der Waals surface area contributed by atoms with Crippen LogP contribution in [0.25, 0.3) is 0 Å². The summed E-state index contributed by atoms with van der Waals surface area (Å²) in [5, 5.41) is 27.0. The molecular formula is C29H41N7O6. The van der Waals surface area contributed by atoms with Gasteiger partial charge in [0.05, 0.1) is 6.04 Å². The summed E-state index contributed by atoms with van der Waals surface area (Å²) in [7, 11) is 0. The molecule has 0 aliphatic rings. The van der Waals surface area contributed by atoms with E-state index >= 15 is 0 Å². The number of nitrogens with zero attached hydrogens (tertiary/aromatic N) is 1. The van der Waals surface area contributed by atoms with Gasteiger partial charge in [0, 0.05) is 13.0 Å². The van der Waals surface area contributed by atoms with Crippen molar-refractivity contribution in [3.05, 3.63) is 65.7 Å². The van der Waals surface area contributed by atoms with E-state index in [2.05, 4.69) is 20.9 Å². The molecule has 0 aliphatic heterocycles. The van der Waals surface area contributed by atoms with Gasteiger partial charge in [-0.15, -0.1) is 0 Å². The van der Waals surface area contributed by atoms with Gasteiger partial charge in [-0.25, -0.2) is 4.79 Å². The van der Waals surface area contributed by atoms with Crippen LogP contribution in [0, 0.1) is 5.92 Å². The number of hydrogen-bond donors (Lipinski definition) is 8. The predicted octanol–water partition coefficient (Wildman–Crippen LogP) is -0.247. The van der Waals surface area contributed by atoms with Crippen LogP contribution in [0.3, 0.4) is 0 Å². The molecule has 13 nitrogen and oxygen atoms in total. The van der Waals surface area contributed by atoms with E-state index in [4.69, 9.17) is 17.2 Å². The van der Waals surface area contributed by atoms with Crippen molar-refractivity contribution in [1.82, 2.24) is 16.0 Å². The number of aromatic hydroxyl groups is 1. The number of benzene rings is 2. The van der Waals surface area contributed by atoms with Gasteiger partial charge < -0.3 is 43.4 Å². The zero-order valence-corrected chi connectivity index (χ0v) is 23.8. The van der Waals surface area contributed by atoms with E-state index < -0.39 is 47.9 Å². The summed E-state index contributed by atoms with van der Waals surface area (Å²) in [4.78, 5) is 55.3. The van der Waals surface area contributed by atoms with Crippen molar-refractivity contribution in [3.63, 3.8) is 0 Å². The molecule has 0 saturated carbocycles. The van der Waals surface area contributed by atoms with Gasteiger partial charge in [-0.3, -0.25) is 19.4 Å². The van der Waals surface area contributed by atoms with Crippen LogP contribution in [0.5, 0.6) is 5.75 Å². The molecule has 4 unspecified atom stereocenters. The highest BCUT2D eigenvalue weighted by Crippen LogP contribution is 2.12. The molecule has 0 aliphatic carbocycles. The number of carbonyl (C=O) groups is 4. The molecule has 0 fully saturated rings. The van der Waals surface area contributed by atoms with Gasteiger partial charge in [-0.05, 0) is 48.4 Å². The summed E-state index contributed by atoms with van der Waals surface area (Å²) in [5.41, 5.74) is 18.3. The molecule has 42 heavy (non-hydrogen) atoms. The molecule has 11 N–H and O–H groups in total. The maximum absolute atomic E-state index is 13.3. The minimum Gasteiger partial charge on any atom is -0.508 e. The molecule has 0 heterocycles. The zero-order chi connectivity index (χ0) is 31.2. The Bertz CT molecular complexity index is 1220. The lowest BCUT2D eigenvalue weighted by molar-refractivity contribution is -0.142. The van der Waals surface area contributed by atoms with Gasteiger partial charge in [0.1, 0.15) is 23.9 Å². The van der Waals surface area contributed by atoms with Crippen LogP contribution in [-0.4, -0.2) is 70.6 Å². The first kappa shape index (κ1) is 33.6. The number of amides is 3. The fraction of sp³-hybridized carbons (Fsp3) is 0.414. The first-order valence-electron chi connectivity index (χ1n) is 13.6. The van der Waals surface area contributed by atoms with Crippen molar-refractivity contribution in [3.8, 4) is 5.75 Å². The maximum atomic E-state index is 13.3. The second-order valence-electron chi connectivity index (χ2n) is 10.3. The van der Waals surface area contributed by atoms with Crippen LogP contribution in [0.15, 0.2) is 59.6 Å². The highest BCUT2D eigenvalue weighted by atomic mass is 16.4. The summed E-state index contributed by atoms with van der Waals surface area (Å²) in [5.74, 6) is -3.63. The highest BCUT2D eigenvalue weighted by molar-refractivity contribution is 5.94. The van der Waals surface area contributed by atoms with Gasteiger partial charge in [-0.2, -0.15) is 0 Å². The Balaban J connectivity index is 2.15. The van der Waals surface area contributed by atoms with Gasteiger partial charge in [0.2, 0.25) is 17.7 Å². The van der Waals surface area contributed by atoms with Crippen molar-refractivity contribution in [2.75, 3.05) is 6.54 Å². The van der Waals surface area contributed by atoms with E-state index in [0.29, 0.717) is 12.0 Å². The average molecular weight is 584 g/mol. The third-order valence-corrected chi connectivity index (χ3v) is 6.45. The topological polar surface area (TPSA) is 235 Å². The third kappa shape index (κ3) is 11.5. The number of phenols is 1. The van der Waals surface area contributed by atoms with Crippen LogP contribution >= 0.6 is 0 Å². The minimum atomic E-state index is -1.31. The number of rotatable bonds is 16. The van der Waals surface area contributed by atoms with Crippen LogP contribution in [0.1, 0.15) is 37.8 Å². The van der Waals surface area contributed by atoms with E-state index in [1.807, 2.05) is 30.3 Å². The fourth-order valence-corrected chi connectivity index (χ4v) is 4.13. The maximum Gasteiger partial charge on any atom is 0.326 e. The predicted molar refractivity (Wildman–Crippen MR) is 158 cm³/mol. The van der Waals surface area contributed by atoms with Crippen molar-refractivity contribution < 1.29 is 29.4 Å². The number of carboxylic acid groups (broad SMARTS) is 1. The number of hydrogen-bond acceptors (Lipinski definition) is 7. The molecule has 228 valence electrons. The van der Waals surface area contributed by atoms with E-state index in [0.717, 1.165) is 5.56 Å². The quantitative estimate of drug-likeness (QED) is 0.0738. The van der Waals surface area contributed by atoms with Crippen LogP contribution < -0.4 is 33.2 Å². The molecule has 2 aromatic carbocycles. The van der Waals surface area contributed by atoms with Crippen LogP contribution in [0.4, 0.5) is 0 Å². The van der Waals surface area contributed by atoms with Gasteiger partial charge in [-0.1, -0.05) is 56.3 Å². The molecule has 0 radical (unpaired) electrons. The standard InChI is InChI=1S/C29H41N7O6/c1-17(2)24(36-25(38)21(30)15-18-7-4-3-5-8-18)27(40)34-22(9-6-14-33-29(31)32)26(39)35-23(28(41)42)16-19-10-12-20(37)13-11-19/h3-5,7-8,10-13,17,21-24,37H,6,9,14-16,30H2,1-2H3,(H,34,40)(H,35,39)(H,36,38)(H,41,42)(H4,31,32,33). The number of guanidine groups is 1. The molecule has 0 spiro atoms. The number of carboxylic acids is 1. The Morgan fingerprint density at radius 3 is 1.98 bits per heavy atom. The van der Waals surface area contributed by atoms with Crippen LogP contribution in [-0.2, 0) is 32.0 Å². The molecule has 3 amide bonds. The normalized spacial score (nSPS) is 13.7. The summed E-state index contributed by atoms with van der Waals surface area (Å²) in [6.45, 7) is 3.65. The monoisotopic (exact) mass is 583 g/mol.